The van der Waals surface area contributed by atoms with Crippen molar-refractivity contribution >= 4 is 27.4 Å². The molecule has 2 rings (SSSR count). The molecular weight excluding hydrogens is 282 g/mol. The van der Waals surface area contributed by atoms with E-state index in [0.29, 0.717) is 6.42 Å². The fourth-order valence-electron chi connectivity index (χ4n) is 1.79. The van der Waals surface area contributed by atoms with Gasteiger partial charge in [0.25, 0.3) is 0 Å². The van der Waals surface area contributed by atoms with Gasteiger partial charge in [0, 0.05) is 22.7 Å². The van der Waals surface area contributed by atoms with Crippen LogP contribution in [0.5, 0.6) is 5.75 Å². The largest absolute Gasteiger partial charge is 0.497 e. The highest BCUT2D eigenvalue weighted by molar-refractivity contribution is 9.10. The summed E-state index contributed by atoms with van der Waals surface area (Å²) in [6.07, 6.45) is 4.20. The van der Waals surface area contributed by atoms with E-state index in [1.54, 1.807) is 13.2 Å². The van der Waals surface area contributed by atoms with Crippen LogP contribution in [0.25, 0.3) is 0 Å². The summed E-state index contributed by atoms with van der Waals surface area (Å²) in [6, 6.07) is 5.72. The molecule has 0 fully saturated rings. The molecule has 0 amide bonds. The molecule has 3 nitrogen and oxygen atoms in total. The van der Waals surface area contributed by atoms with Gasteiger partial charge in [0.05, 0.1) is 12.8 Å². The minimum absolute atomic E-state index is 0.198. The number of carbonyl (C=O) groups excluding carboxylic acids is 1. The first kappa shape index (κ1) is 12.2. The van der Waals surface area contributed by atoms with E-state index in [1.807, 2.05) is 18.2 Å². The molecule has 0 aromatic heterocycles. The van der Waals surface area contributed by atoms with Crippen LogP contribution in [0.1, 0.15) is 19.3 Å². The van der Waals surface area contributed by atoms with Crippen molar-refractivity contribution in [2.24, 2.45) is 0 Å². The number of methoxy groups -OCH3 is 1. The fourth-order valence-corrected chi connectivity index (χ4v) is 2.24. The number of ketones is 1. The van der Waals surface area contributed by atoms with Crippen LogP contribution in [0, 0.1) is 0 Å². The van der Waals surface area contributed by atoms with Crippen molar-refractivity contribution in [3.8, 4) is 5.75 Å². The Hall–Kier alpha value is -1.29. The minimum atomic E-state index is 0.198. The van der Waals surface area contributed by atoms with Crippen molar-refractivity contribution < 1.29 is 9.53 Å². The smallest absolute Gasteiger partial charge is 0.157 e. The van der Waals surface area contributed by atoms with Crippen LogP contribution in [0.4, 0.5) is 5.69 Å². The van der Waals surface area contributed by atoms with Crippen molar-refractivity contribution in [1.29, 1.82) is 0 Å². The van der Waals surface area contributed by atoms with Crippen molar-refractivity contribution in [2.75, 3.05) is 12.4 Å². The molecule has 17 heavy (non-hydrogen) atoms. The molecule has 0 aliphatic heterocycles. The molecule has 0 spiro atoms. The summed E-state index contributed by atoms with van der Waals surface area (Å²) < 4.78 is 6.06. The summed E-state index contributed by atoms with van der Waals surface area (Å²) in [5, 5.41) is 3.27. The Bertz CT molecular complexity index is 468. The molecule has 0 atom stereocenters. The zero-order valence-electron chi connectivity index (χ0n) is 9.63. The van der Waals surface area contributed by atoms with E-state index >= 15 is 0 Å². The lowest BCUT2D eigenvalue weighted by Crippen LogP contribution is -2.09. The number of halogens is 1. The van der Waals surface area contributed by atoms with Crippen LogP contribution < -0.4 is 10.1 Å². The second-order valence-corrected chi connectivity index (χ2v) is 4.81. The summed E-state index contributed by atoms with van der Waals surface area (Å²) in [6.45, 7) is 0. The monoisotopic (exact) mass is 295 g/mol. The lowest BCUT2D eigenvalue weighted by atomic mass is 10.0. The maximum Gasteiger partial charge on any atom is 0.157 e. The number of hydrogen-bond donors (Lipinski definition) is 1. The highest BCUT2D eigenvalue weighted by atomic mass is 79.9. The predicted octanol–water partition coefficient (Wildman–Crippen LogP) is 3.51. The van der Waals surface area contributed by atoms with Gasteiger partial charge < -0.3 is 10.1 Å². The normalized spacial score (nSPS) is 15.4. The number of rotatable bonds is 3. The molecule has 90 valence electrons. The zero-order valence-corrected chi connectivity index (χ0v) is 11.2. The number of nitrogens with one attached hydrogen (secondary N) is 1. The molecule has 1 aromatic rings. The molecule has 1 N–H and O–H groups in total. The first-order valence-electron chi connectivity index (χ1n) is 5.53. The minimum Gasteiger partial charge on any atom is -0.497 e. The third kappa shape index (κ3) is 3.09. The standard InChI is InChI=1S/C13H14BrNO2/c1-17-11-5-6-13(12(14)8-11)15-9-3-2-4-10(16)7-9/h5-8,15H,2-4H2,1H3. The highest BCUT2D eigenvalue weighted by Crippen LogP contribution is 2.29. The van der Waals surface area contributed by atoms with Crippen LogP contribution in [0.2, 0.25) is 0 Å². The van der Waals surface area contributed by atoms with E-state index in [1.165, 1.54) is 0 Å². The number of ether oxygens (including phenoxy) is 1. The highest BCUT2D eigenvalue weighted by Gasteiger charge is 2.11. The van der Waals surface area contributed by atoms with Gasteiger partial charge in [-0.15, -0.1) is 0 Å². The van der Waals surface area contributed by atoms with E-state index in [9.17, 15) is 4.79 Å². The average Bonchev–Trinajstić information content (AvgIpc) is 2.32. The van der Waals surface area contributed by atoms with Crippen molar-refractivity contribution in [3.05, 3.63) is 34.4 Å². The van der Waals surface area contributed by atoms with E-state index in [-0.39, 0.29) is 5.78 Å². The molecule has 1 aromatic carbocycles. The number of anilines is 1. The molecule has 1 aliphatic carbocycles. The van der Waals surface area contributed by atoms with Crippen molar-refractivity contribution in [1.82, 2.24) is 0 Å². The van der Waals surface area contributed by atoms with E-state index in [4.69, 9.17) is 4.74 Å². The third-order valence-corrected chi connectivity index (χ3v) is 3.33. The first-order valence-corrected chi connectivity index (χ1v) is 6.32. The molecule has 1 aliphatic rings. The quantitative estimate of drug-likeness (QED) is 0.927. The Kier molecular flexibility index (Phi) is 3.84. The predicted molar refractivity (Wildman–Crippen MR) is 71.3 cm³/mol. The third-order valence-electron chi connectivity index (χ3n) is 2.68. The van der Waals surface area contributed by atoms with Gasteiger partial charge in [0.1, 0.15) is 5.75 Å². The van der Waals surface area contributed by atoms with Crippen LogP contribution in [-0.4, -0.2) is 12.9 Å². The second kappa shape index (κ2) is 5.36. The summed E-state index contributed by atoms with van der Waals surface area (Å²) in [5.41, 5.74) is 1.93. The number of carbonyl (C=O) groups is 1. The van der Waals surface area contributed by atoms with E-state index in [2.05, 4.69) is 21.2 Å². The first-order chi connectivity index (χ1) is 8.19. The lowest BCUT2D eigenvalue weighted by Gasteiger charge is -2.15. The van der Waals surface area contributed by atoms with E-state index in [0.717, 1.165) is 34.4 Å². The summed E-state index contributed by atoms with van der Waals surface area (Å²) in [7, 11) is 1.64. The molecule has 0 bridgehead atoms. The van der Waals surface area contributed by atoms with Gasteiger partial charge in [-0.3, -0.25) is 4.79 Å². The Balaban J connectivity index is 2.16. The lowest BCUT2D eigenvalue weighted by molar-refractivity contribution is -0.115. The number of allylic oxidation sites excluding steroid dienone is 2. The van der Waals surface area contributed by atoms with Gasteiger partial charge >= 0.3 is 0 Å². The molecule has 0 saturated carbocycles. The molecule has 0 saturated heterocycles. The van der Waals surface area contributed by atoms with Crippen LogP contribution in [-0.2, 0) is 4.79 Å². The summed E-state index contributed by atoms with van der Waals surface area (Å²) >= 11 is 3.48. The Labute approximate surface area is 109 Å². The van der Waals surface area contributed by atoms with Crippen molar-refractivity contribution in [2.45, 2.75) is 19.3 Å². The topological polar surface area (TPSA) is 38.3 Å². The average molecular weight is 296 g/mol. The second-order valence-electron chi connectivity index (χ2n) is 3.96. The van der Waals surface area contributed by atoms with Crippen LogP contribution in [0.3, 0.4) is 0 Å². The Morgan fingerprint density at radius 3 is 2.82 bits per heavy atom. The summed E-state index contributed by atoms with van der Waals surface area (Å²) in [5.74, 6) is 1.000. The Morgan fingerprint density at radius 2 is 2.18 bits per heavy atom. The number of hydrogen-bond acceptors (Lipinski definition) is 3. The van der Waals surface area contributed by atoms with E-state index < -0.39 is 0 Å². The maximum absolute atomic E-state index is 11.3. The molecular formula is C13H14BrNO2. The molecule has 0 radical (unpaired) electrons. The number of benzene rings is 1. The van der Waals surface area contributed by atoms with Gasteiger partial charge in [-0.1, -0.05) is 0 Å². The molecule has 4 heteroatoms. The van der Waals surface area contributed by atoms with Crippen LogP contribution >= 0.6 is 15.9 Å². The van der Waals surface area contributed by atoms with Gasteiger partial charge in [0.2, 0.25) is 0 Å². The van der Waals surface area contributed by atoms with Gasteiger partial charge in [-0.2, -0.15) is 0 Å². The van der Waals surface area contributed by atoms with Crippen LogP contribution in [0.15, 0.2) is 34.4 Å². The molecule has 0 unspecified atom stereocenters. The van der Waals surface area contributed by atoms with Gasteiger partial charge in [0.15, 0.2) is 5.78 Å². The van der Waals surface area contributed by atoms with Gasteiger partial charge in [-0.05, 0) is 47.0 Å². The van der Waals surface area contributed by atoms with Gasteiger partial charge in [-0.25, -0.2) is 0 Å². The fraction of sp³-hybridized carbons (Fsp3) is 0.308. The zero-order chi connectivity index (χ0) is 12.3. The Morgan fingerprint density at radius 1 is 1.35 bits per heavy atom. The molecule has 0 heterocycles. The van der Waals surface area contributed by atoms with Crippen molar-refractivity contribution in [3.63, 3.8) is 0 Å². The SMILES string of the molecule is COc1ccc(NC2=CC(=O)CCC2)c(Br)c1. The maximum atomic E-state index is 11.3. The summed E-state index contributed by atoms with van der Waals surface area (Å²) in [4.78, 5) is 11.3.